The summed E-state index contributed by atoms with van der Waals surface area (Å²) in [7, 11) is 1.77. The van der Waals surface area contributed by atoms with Crippen molar-refractivity contribution in [3.8, 4) is 5.75 Å². The van der Waals surface area contributed by atoms with Crippen molar-refractivity contribution in [1.29, 1.82) is 0 Å². The first-order chi connectivity index (χ1) is 12.1. The van der Waals surface area contributed by atoms with E-state index in [0.29, 0.717) is 13.1 Å². The van der Waals surface area contributed by atoms with E-state index in [1.54, 1.807) is 7.05 Å². The molecule has 5 nitrogen and oxygen atoms in total. The van der Waals surface area contributed by atoms with Crippen LogP contribution in [-0.2, 0) is 13.1 Å². The molecule has 0 bridgehead atoms. The molecule has 0 unspecified atom stereocenters. The number of hydrogen-bond donors (Lipinski definition) is 2. The Labute approximate surface area is 150 Å². The summed E-state index contributed by atoms with van der Waals surface area (Å²) in [6, 6.07) is 10.3. The van der Waals surface area contributed by atoms with Crippen LogP contribution in [0.5, 0.6) is 5.75 Å². The van der Waals surface area contributed by atoms with Gasteiger partial charge < -0.3 is 15.4 Å². The minimum atomic E-state index is 0.638. The number of nitrogens with zero attached hydrogens (tertiary/aromatic N) is 2. The fourth-order valence-electron chi connectivity index (χ4n) is 2.42. The minimum Gasteiger partial charge on any atom is -0.493 e. The number of aryl methyl sites for hydroxylation is 2. The highest BCUT2D eigenvalue weighted by atomic mass is 16.5. The van der Waals surface area contributed by atoms with Crippen molar-refractivity contribution >= 4 is 5.96 Å². The summed E-state index contributed by atoms with van der Waals surface area (Å²) in [5.74, 6) is 1.68. The predicted octanol–water partition coefficient (Wildman–Crippen LogP) is 3.35. The van der Waals surface area contributed by atoms with E-state index in [1.165, 1.54) is 11.1 Å². The Morgan fingerprint density at radius 2 is 1.96 bits per heavy atom. The number of ether oxygens (including phenoxy) is 1. The van der Waals surface area contributed by atoms with E-state index in [0.717, 1.165) is 36.0 Å². The number of aliphatic imine (C=N–C) groups is 1. The molecule has 25 heavy (non-hydrogen) atoms. The lowest BCUT2D eigenvalue weighted by Gasteiger charge is -2.15. The number of pyridine rings is 1. The van der Waals surface area contributed by atoms with Crippen LogP contribution in [0, 0.1) is 13.8 Å². The molecule has 0 amide bonds. The molecule has 134 valence electrons. The molecule has 5 heteroatoms. The summed E-state index contributed by atoms with van der Waals surface area (Å²) >= 11 is 0. The van der Waals surface area contributed by atoms with E-state index in [9.17, 15) is 0 Å². The number of rotatable bonds is 7. The second-order valence-electron chi connectivity index (χ2n) is 6.01. The average Bonchev–Trinajstić information content (AvgIpc) is 2.62. The molecule has 2 rings (SSSR count). The largest absolute Gasteiger partial charge is 0.493 e. The van der Waals surface area contributed by atoms with Crippen LogP contribution in [0.15, 0.2) is 41.5 Å². The fourth-order valence-corrected chi connectivity index (χ4v) is 2.42. The monoisotopic (exact) mass is 340 g/mol. The van der Waals surface area contributed by atoms with Crippen LogP contribution in [0.3, 0.4) is 0 Å². The number of aromatic nitrogens is 1. The Morgan fingerprint density at radius 1 is 1.16 bits per heavy atom. The fraction of sp³-hybridized carbons (Fsp3) is 0.400. The van der Waals surface area contributed by atoms with Crippen molar-refractivity contribution in [2.24, 2.45) is 4.99 Å². The molecule has 1 aromatic carbocycles. The first-order valence-corrected chi connectivity index (χ1v) is 8.71. The molecular weight excluding hydrogens is 312 g/mol. The smallest absolute Gasteiger partial charge is 0.191 e. The Morgan fingerprint density at radius 3 is 2.68 bits per heavy atom. The normalized spacial score (nSPS) is 11.3. The van der Waals surface area contributed by atoms with Gasteiger partial charge in [-0.2, -0.15) is 0 Å². The highest BCUT2D eigenvalue weighted by Gasteiger charge is 2.06. The van der Waals surface area contributed by atoms with Gasteiger partial charge in [0.2, 0.25) is 0 Å². The maximum absolute atomic E-state index is 5.87. The third-order valence-corrected chi connectivity index (χ3v) is 3.90. The SMILES string of the molecule is CCCOc1cc(C)ccc1CNC(=NC)NCc1ncccc1C. The zero-order valence-electron chi connectivity index (χ0n) is 15.6. The van der Waals surface area contributed by atoms with E-state index >= 15 is 0 Å². The molecule has 0 aliphatic carbocycles. The second-order valence-corrected chi connectivity index (χ2v) is 6.01. The van der Waals surface area contributed by atoms with Crippen molar-refractivity contribution in [2.75, 3.05) is 13.7 Å². The minimum absolute atomic E-state index is 0.638. The summed E-state index contributed by atoms with van der Waals surface area (Å²) in [5, 5.41) is 6.65. The molecule has 0 radical (unpaired) electrons. The molecule has 2 N–H and O–H groups in total. The Balaban J connectivity index is 1.95. The Kier molecular flexibility index (Phi) is 7.26. The molecule has 0 fully saturated rings. The average molecular weight is 340 g/mol. The van der Waals surface area contributed by atoms with E-state index in [4.69, 9.17) is 4.74 Å². The second kappa shape index (κ2) is 9.67. The van der Waals surface area contributed by atoms with Crippen LogP contribution in [-0.4, -0.2) is 24.6 Å². The van der Waals surface area contributed by atoms with Gasteiger partial charge in [-0.15, -0.1) is 0 Å². The summed E-state index contributed by atoms with van der Waals surface area (Å²) in [6.45, 7) is 8.26. The quantitative estimate of drug-likeness (QED) is 0.599. The molecule has 0 aliphatic rings. The van der Waals surface area contributed by atoms with Crippen molar-refractivity contribution in [3.63, 3.8) is 0 Å². The lowest BCUT2D eigenvalue weighted by molar-refractivity contribution is 0.313. The first-order valence-electron chi connectivity index (χ1n) is 8.71. The van der Waals surface area contributed by atoms with Crippen LogP contribution in [0.25, 0.3) is 0 Å². The third-order valence-electron chi connectivity index (χ3n) is 3.90. The van der Waals surface area contributed by atoms with Crippen molar-refractivity contribution in [3.05, 3.63) is 58.9 Å². The number of benzene rings is 1. The maximum Gasteiger partial charge on any atom is 0.191 e. The molecule has 0 aliphatic heterocycles. The Bertz CT molecular complexity index is 713. The Hall–Kier alpha value is -2.56. The lowest BCUT2D eigenvalue weighted by atomic mass is 10.1. The van der Waals surface area contributed by atoms with Crippen molar-refractivity contribution in [1.82, 2.24) is 15.6 Å². The van der Waals surface area contributed by atoms with Gasteiger partial charge in [-0.3, -0.25) is 9.98 Å². The summed E-state index contributed by atoms with van der Waals surface area (Å²) < 4.78 is 5.87. The zero-order valence-corrected chi connectivity index (χ0v) is 15.6. The van der Waals surface area contributed by atoms with Gasteiger partial charge in [-0.1, -0.05) is 25.1 Å². The van der Waals surface area contributed by atoms with Gasteiger partial charge in [0, 0.05) is 25.4 Å². The van der Waals surface area contributed by atoms with Crippen molar-refractivity contribution < 1.29 is 4.74 Å². The molecule has 2 aromatic rings. The van der Waals surface area contributed by atoms with Gasteiger partial charge in [0.05, 0.1) is 18.8 Å². The van der Waals surface area contributed by atoms with Crippen LogP contribution in [0.4, 0.5) is 0 Å². The van der Waals surface area contributed by atoms with Gasteiger partial charge in [0.1, 0.15) is 5.75 Å². The maximum atomic E-state index is 5.87. The predicted molar refractivity (Wildman–Crippen MR) is 103 cm³/mol. The lowest BCUT2D eigenvalue weighted by Crippen LogP contribution is -2.36. The molecular formula is C20H28N4O. The van der Waals surface area contributed by atoms with E-state index in [-0.39, 0.29) is 0 Å². The number of nitrogens with one attached hydrogen (secondary N) is 2. The van der Waals surface area contributed by atoms with E-state index in [1.807, 2.05) is 12.3 Å². The van der Waals surface area contributed by atoms with E-state index < -0.39 is 0 Å². The highest BCUT2D eigenvalue weighted by Crippen LogP contribution is 2.20. The van der Waals surface area contributed by atoms with Crippen molar-refractivity contribution in [2.45, 2.75) is 40.3 Å². The molecule has 1 heterocycles. The third kappa shape index (κ3) is 5.78. The first kappa shape index (κ1) is 18.8. The van der Waals surface area contributed by atoms with Crippen LogP contribution in [0.2, 0.25) is 0 Å². The van der Waals surface area contributed by atoms with Crippen LogP contribution in [0.1, 0.15) is 35.7 Å². The van der Waals surface area contributed by atoms with Gasteiger partial charge >= 0.3 is 0 Å². The van der Waals surface area contributed by atoms with Gasteiger partial charge in [0.15, 0.2) is 5.96 Å². The molecule has 0 saturated carbocycles. The van der Waals surface area contributed by atoms with Crippen LogP contribution < -0.4 is 15.4 Å². The molecule has 1 aromatic heterocycles. The summed E-state index contributed by atoms with van der Waals surface area (Å²) in [5.41, 5.74) is 4.51. The zero-order chi connectivity index (χ0) is 18.1. The molecule has 0 spiro atoms. The van der Waals surface area contributed by atoms with Gasteiger partial charge in [0.25, 0.3) is 0 Å². The van der Waals surface area contributed by atoms with Crippen LogP contribution >= 0.6 is 0 Å². The summed E-state index contributed by atoms with van der Waals surface area (Å²) in [4.78, 5) is 8.68. The molecule has 0 atom stereocenters. The molecule has 0 saturated heterocycles. The number of hydrogen-bond acceptors (Lipinski definition) is 3. The number of guanidine groups is 1. The van der Waals surface area contributed by atoms with Gasteiger partial charge in [-0.05, 0) is 43.5 Å². The van der Waals surface area contributed by atoms with Gasteiger partial charge in [-0.25, -0.2) is 0 Å². The topological polar surface area (TPSA) is 58.5 Å². The van der Waals surface area contributed by atoms with E-state index in [2.05, 4.69) is 65.6 Å². The standard InChI is InChI=1S/C20H28N4O/c1-5-11-25-19-12-15(2)8-9-17(19)13-23-20(21-4)24-14-18-16(3)7-6-10-22-18/h6-10,12H,5,11,13-14H2,1-4H3,(H2,21,23,24). The highest BCUT2D eigenvalue weighted by molar-refractivity contribution is 5.79. The summed E-state index contributed by atoms with van der Waals surface area (Å²) in [6.07, 6.45) is 2.80.